The summed E-state index contributed by atoms with van der Waals surface area (Å²) in [6, 6.07) is 5.10. The number of aliphatic hydroxyl groups excluding tert-OH is 1. The Morgan fingerprint density at radius 1 is 1.21 bits per heavy atom. The second kappa shape index (κ2) is 13.2. The smallest absolute Gasteiger partial charge is 0.401 e. The monoisotopic (exact) mass is 693 g/mol. The lowest BCUT2D eigenvalue weighted by Gasteiger charge is -2.50. The Kier molecular flexibility index (Phi) is 10.3. The zero-order chi connectivity index (χ0) is 30.8. The number of likely N-dealkylation sites (N-methyl/N-ethyl adjacent to an activating group) is 1. The van der Waals surface area contributed by atoms with Crippen LogP contribution in [0.15, 0.2) is 22.8 Å². The van der Waals surface area contributed by atoms with Gasteiger partial charge in [-0.05, 0) is 55.0 Å². The summed E-state index contributed by atoms with van der Waals surface area (Å²) in [5.41, 5.74) is 3.05. The van der Waals surface area contributed by atoms with E-state index in [1.807, 2.05) is 25.8 Å². The van der Waals surface area contributed by atoms with Crippen molar-refractivity contribution < 1.29 is 23.0 Å². The van der Waals surface area contributed by atoms with Crippen LogP contribution in [0.5, 0.6) is 5.75 Å². The van der Waals surface area contributed by atoms with Gasteiger partial charge in [-0.1, -0.05) is 11.6 Å². The van der Waals surface area contributed by atoms with Gasteiger partial charge in [-0.15, -0.1) is 11.6 Å². The highest BCUT2D eigenvalue weighted by Crippen LogP contribution is 2.41. The molecule has 0 radical (unpaired) electrons. The summed E-state index contributed by atoms with van der Waals surface area (Å²) >= 11 is 16.4. The van der Waals surface area contributed by atoms with E-state index in [0.29, 0.717) is 57.9 Å². The third-order valence-electron chi connectivity index (χ3n) is 7.09. The number of benzene rings is 1. The molecule has 1 atom stereocenters. The lowest BCUT2D eigenvalue weighted by Crippen LogP contribution is -2.62. The molecule has 0 amide bonds. The molecule has 0 spiro atoms. The number of nitrogens with zero attached hydrogens (tertiary/aromatic N) is 5. The number of halogens is 6. The van der Waals surface area contributed by atoms with Crippen LogP contribution in [0.2, 0.25) is 5.02 Å². The van der Waals surface area contributed by atoms with Crippen LogP contribution in [0.4, 0.5) is 19.0 Å². The molecule has 1 aromatic carbocycles. The van der Waals surface area contributed by atoms with E-state index in [4.69, 9.17) is 37.9 Å². The standard InChI is InChI=1S/C27H33BrCl2F3N7O2/c1-15-21(22-16(2)23(28)38-39(22)4)36-24(19-7-18(5-6-20(19)30)42-9-17(41)8-34-3)37-25(15)40-13-26(10-29,14-40)11-35-12-27(31,32)33/h5-7,17,34-35,41H,8-14H2,1-4H3/t17-/m1/s1. The summed E-state index contributed by atoms with van der Waals surface area (Å²) in [6.45, 7) is 4.14. The molecule has 4 rings (SSSR count). The lowest BCUT2D eigenvalue weighted by atomic mass is 9.81. The third kappa shape index (κ3) is 7.31. The topological polar surface area (TPSA) is 100 Å². The molecule has 1 aliphatic heterocycles. The van der Waals surface area contributed by atoms with Gasteiger partial charge in [0.1, 0.15) is 28.9 Å². The van der Waals surface area contributed by atoms with E-state index in [-0.39, 0.29) is 19.0 Å². The van der Waals surface area contributed by atoms with Crippen molar-refractivity contribution in [1.82, 2.24) is 30.4 Å². The molecule has 0 aliphatic carbocycles. The van der Waals surface area contributed by atoms with E-state index in [1.165, 1.54) is 0 Å². The van der Waals surface area contributed by atoms with E-state index in [2.05, 4.69) is 31.7 Å². The number of aliphatic hydroxyl groups is 1. The maximum Gasteiger partial charge on any atom is 0.401 e. The van der Waals surface area contributed by atoms with Crippen LogP contribution in [0.1, 0.15) is 11.1 Å². The summed E-state index contributed by atoms with van der Waals surface area (Å²) < 4.78 is 46.4. The first-order valence-electron chi connectivity index (χ1n) is 13.2. The predicted octanol–water partition coefficient (Wildman–Crippen LogP) is 4.73. The number of rotatable bonds is 12. The van der Waals surface area contributed by atoms with Gasteiger partial charge in [-0.3, -0.25) is 4.68 Å². The maximum atomic E-state index is 12.7. The van der Waals surface area contributed by atoms with Crippen molar-refractivity contribution in [2.24, 2.45) is 12.5 Å². The normalized spacial score (nSPS) is 15.5. The molecule has 0 saturated carbocycles. The van der Waals surface area contributed by atoms with E-state index < -0.39 is 24.2 Å². The number of nitrogens with one attached hydrogen (secondary N) is 2. The SMILES string of the molecule is CNC[C@@H](O)COc1ccc(Cl)c(-c2nc(-c3c(C)c(Br)nn3C)c(C)c(N3CC(CCl)(CNCC(F)(F)F)C3)n2)c1. The quantitative estimate of drug-likeness (QED) is 0.234. The van der Waals surface area contributed by atoms with Crippen molar-refractivity contribution in [2.45, 2.75) is 26.1 Å². The summed E-state index contributed by atoms with van der Waals surface area (Å²) in [4.78, 5) is 11.8. The van der Waals surface area contributed by atoms with Gasteiger partial charge in [0.15, 0.2) is 5.82 Å². The average Bonchev–Trinajstić information content (AvgIpc) is 3.15. The van der Waals surface area contributed by atoms with Crippen molar-refractivity contribution in [1.29, 1.82) is 0 Å². The molecule has 3 N–H and O–H groups in total. The fraction of sp³-hybridized carbons (Fsp3) is 0.519. The Labute approximate surface area is 260 Å². The second-order valence-electron chi connectivity index (χ2n) is 10.6. The van der Waals surface area contributed by atoms with Crippen LogP contribution in [-0.2, 0) is 7.05 Å². The van der Waals surface area contributed by atoms with Crippen LogP contribution < -0.4 is 20.3 Å². The summed E-state index contributed by atoms with van der Waals surface area (Å²) in [7, 11) is 3.56. The van der Waals surface area contributed by atoms with Crippen LogP contribution in [0.25, 0.3) is 22.8 Å². The molecule has 15 heteroatoms. The van der Waals surface area contributed by atoms with Gasteiger partial charge < -0.3 is 25.4 Å². The third-order valence-corrected chi connectivity index (χ3v) is 8.74. The number of ether oxygens (including phenoxy) is 1. The van der Waals surface area contributed by atoms with Crippen molar-refractivity contribution >= 4 is 44.9 Å². The molecule has 230 valence electrons. The van der Waals surface area contributed by atoms with E-state index in [9.17, 15) is 18.3 Å². The van der Waals surface area contributed by atoms with Gasteiger partial charge in [0.05, 0.1) is 23.0 Å². The number of aromatic nitrogens is 4. The predicted molar refractivity (Wildman–Crippen MR) is 162 cm³/mol. The van der Waals surface area contributed by atoms with Crippen molar-refractivity contribution in [3.63, 3.8) is 0 Å². The molecule has 42 heavy (non-hydrogen) atoms. The fourth-order valence-electron chi connectivity index (χ4n) is 4.97. The molecule has 3 heterocycles. The fourth-order valence-corrected chi connectivity index (χ4v) is 5.86. The number of anilines is 1. The minimum atomic E-state index is -4.30. The first-order chi connectivity index (χ1) is 19.8. The van der Waals surface area contributed by atoms with Crippen molar-refractivity contribution in [3.8, 4) is 28.5 Å². The van der Waals surface area contributed by atoms with Gasteiger partial charge >= 0.3 is 6.18 Å². The molecule has 2 aromatic heterocycles. The first kappa shape index (κ1) is 32.7. The summed E-state index contributed by atoms with van der Waals surface area (Å²) in [6.07, 6.45) is -5.00. The maximum absolute atomic E-state index is 12.7. The second-order valence-corrected chi connectivity index (χ2v) is 12.0. The lowest BCUT2D eigenvalue weighted by molar-refractivity contribution is -0.125. The Bertz CT molecular complexity index is 1420. The Morgan fingerprint density at radius 2 is 1.93 bits per heavy atom. The number of hydrogen-bond donors (Lipinski definition) is 3. The molecule has 9 nitrogen and oxygen atoms in total. The largest absolute Gasteiger partial charge is 0.491 e. The summed E-state index contributed by atoms with van der Waals surface area (Å²) in [5, 5.41) is 20.3. The zero-order valence-electron chi connectivity index (χ0n) is 23.6. The highest BCUT2D eigenvalue weighted by Gasteiger charge is 2.44. The van der Waals surface area contributed by atoms with Gasteiger partial charge in [-0.25, -0.2) is 9.97 Å². The average molecular weight is 695 g/mol. The molecular weight excluding hydrogens is 662 g/mol. The van der Waals surface area contributed by atoms with Crippen molar-refractivity contribution in [3.05, 3.63) is 39.0 Å². The highest BCUT2D eigenvalue weighted by atomic mass is 79.9. The number of hydrogen-bond acceptors (Lipinski definition) is 8. The Hall–Kier alpha value is -2.16. The number of alkyl halides is 4. The van der Waals surface area contributed by atoms with Crippen LogP contribution >= 0.6 is 39.1 Å². The van der Waals surface area contributed by atoms with Gasteiger partial charge in [-0.2, -0.15) is 18.3 Å². The molecule has 1 fully saturated rings. The van der Waals surface area contributed by atoms with Crippen molar-refractivity contribution in [2.75, 3.05) is 57.2 Å². The zero-order valence-corrected chi connectivity index (χ0v) is 26.7. The van der Waals surface area contributed by atoms with Crippen LogP contribution in [0.3, 0.4) is 0 Å². The summed E-state index contributed by atoms with van der Waals surface area (Å²) in [5.74, 6) is 1.63. The van der Waals surface area contributed by atoms with Crippen LogP contribution in [-0.4, -0.2) is 89.4 Å². The highest BCUT2D eigenvalue weighted by molar-refractivity contribution is 9.10. The first-order valence-corrected chi connectivity index (χ1v) is 14.9. The molecule has 1 aliphatic rings. The van der Waals surface area contributed by atoms with Gasteiger partial charge in [0.2, 0.25) is 0 Å². The minimum Gasteiger partial charge on any atom is -0.491 e. The van der Waals surface area contributed by atoms with E-state index in [1.54, 1.807) is 29.9 Å². The minimum absolute atomic E-state index is 0.0755. The molecule has 0 unspecified atom stereocenters. The Morgan fingerprint density at radius 3 is 2.52 bits per heavy atom. The van der Waals surface area contributed by atoms with E-state index in [0.717, 1.165) is 16.8 Å². The molecular formula is C27H33BrCl2F3N7O2. The van der Waals surface area contributed by atoms with Gasteiger partial charge in [0.25, 0.3) is 0 Å². The van der Waals surface area contributed by atoms with Gasteiger partial charge in [0, 0.05) is 61.2 Å². The number of aryl methyl sites for hydroxylation is 1. The molecule has 0 bridgehead atoms. The van der Waals surface area contributed by atoms with E-state index >= 15 is 0 Å². The molecule has 1 saturated heterocycles. The Balaban J connectivity index is 1.73. The van der Waals surface area contributed by atoms with Crippen LogP contribution in [0, 0.1) is 19.3 Å². The molecule has 3 aromatic rings.